The second-order valence-corrected chi connectivity index (χ2v) is 2.61. The van der Waals surface area contributed by atoms with E-state index in [9.17, 15) is 4.79 Å². The minimum Gasteiger partial charge on any atom is -0.468 e. The Morgan fingerprint density at radius 1 is 1.82 bits per heavy atom. The molecule has 2 unspecified atom stereocenters. The molecule has 0 aliphatic carbocycles. The van der Waals surface area contributed by atoms with Crippen molar-refractivity contribution in [1.29, 1.82) is 0 Å². The maximum atomic E-state index is 10.8. The van der Waals surface area contributed by atoms with Gasteiger partial charge in [0.05, 0.1) is 7.11 Å². The summed E-state index contributed by atoms with van der Waals surface area (Å²) in [6.07, 6.45) is 0.730. The molecule has 0 aromatic heterocycles. The first-order valence-corrected chi connectivity index (χ1v) is 3.72. The Hall–Kier alpha value is -0.610. The number of hydrogen-bond acceptors (Lipinski definition) is 4. The summed E-state index contributed by atoms with van der Waals surface area (Å²) in [5.74, 6) is -0.164. The van der Waals surface area contributed by atoms with E-state index in [-0.39, 0.29) is 18.6 Å². The van der Waals surface area contributed by atoms with Crippen LogP contribution in [-0.4, -0.2) is 48.8 Å². The summed E-state index contributed by atoms with van der Waals surface area (Å²) in [4.78, 5) is 12.8. The first kappa shape index (κ1) is 8.49. The minimum absolute atomic E-state index is 0.0356. The van der Waals surface area contributed by atoms with Crippen LogP contribution < -0.4 is 0 Å². The lowest BCUT2D eigenvalue weighted by atomic mass is 10.4. The van der Waals surface area contributed by atoms with E-state index in [2.05, 4.69) is 4.74 Å². The van der Waals surface area contributed by atoms with Crippen molar-refractivity contribution in [3.8, 4) is 0 Å². The van der Waals surface area contributed by atoms with Gasteiger partial charge in [-0.25, -0.2) is 0 Å². The van der Waals surface area contributed by atoms with Gasteiger partial charge in [-0.2, -0.15) is 0 Å². The zero-order chi connectivity index (χ0) is 8.27. The normalized spacial score (nSPS) is 28.2. The van der Waals surface area contributed by atoms with Crippen molar-refractivity contribution in [3.63, 3.8) is 0 Å². The number of rotatable bonds is 4. The largest absolute Gasteiger partial charge is 0.468 e. The van der Waals surface area contributed by atoms with E-state index >= 15 is 0 Å². The molecule has 0 amide bonds. The molecule has 0 aromatic rings. The number of aliphatic hydroxyl groups is 1. The standard InChI is InChI=1S/C7H13NO3/c1-11-7(10)6-5-8(6)3-2-4-9/h6,9H,2-5H2,1H3. The maximum absolute atomic E-state index is 10.8. The van der Waals surface area contributed by atoms with Crippen LogP contribution in [0.15, 0.2) is 0 Å². The summed E-state index contributed by atoms with van der Waals surface area (Å²) in [7, 11) is 1.39. The van der Waals surface area contributed by atoms with E-state index in [4.69, 9.17) is 5.11 Å². The van der Waals surface area contributed by atoms with E-state index in [0.717, 1.165) is 19.5 Å². The van der Waals surface area contributed by atoms with Crippen molar-refractivity contribution in [2.45, 2.75) is 12.5 Å². The van der Waals surface area contributed by atoms with E-state index in [0.29, 0.717) is 0 Å². The van der Waals surface area contributed by atoms with Gasteiger partial charge in [-0.1, -0.05) is 0 Å². The second kappa shape index (κ2) is 3.69. The van der Waals surface area contributed by atoms with Gasteiger partial charge in [0, 0.05) is 19.7 Å². The first-order chi connectivity index (χ1) is 5.29. The van der Waals surface area contributed by atoms with Crippen LogP contribution in [0.25, 0.3) is 0 Å². The highest BCUT2D eigenvalue weighted by Crippen LogP contribution is 2.17. The summed E-state index contributed by atoms with van der Waals surface area (Å²) >= 11 is 0. The fraction of sp³-hybridized carbons (Fsp3) is 0.857. The van der Waals surface area contributed by atoms with Gasteiger partial charge < -0.3 is 9.84 Å². The van der Waals surface area contributed by atoms with Crippen LogP contribution in [0.1, 0.15) is 6.42 Å². The highest BCUT2D eigenvalue weighted by molar-refractivity contribution is 5.78. The van der Waals surface area contributed by atoms with Crippen LogP contribution in [0.3, 0.4) is 0 Å². The quantitative estimate of drug-likeness (QED) is 0.432. The van der Waals surface area contributed by atoms with Crippen molar-refractivity contribution in [2.24, 2.45) is 0 Å². The van der Waals surface area contributed by atoms with Gasteiger partial charge in [-0.3, -0.25) is 9.69 Å². The first-order valence-electron chi connectivity index (χ1n) is 3.72. The van der Waals surface area contributed by atoms with Gasteiger partial charge in [0.1, 0.15) is 6.04 Å². The van der Waals surface area contributed by atoms with E-state index < -0.39 is 0 Å². The lowest BCUT2D eigenvalue weighted by Crippen LogP contribution is -2.15. The summed E-state index contributed by atoms with van der Waals surface area (Å²) < 4.78 is 4.54. The summed E-state index contributed by atoms with van der Waals surface area (Å²) in [5.41, 5.74) is 0. The van der Waals surface area contributed by atoms with E-state index in [1.807, 2.05) is 4.90 Å². The predicted molar refractivity (Wildman–Crippen MR) is 39.1 cm³/mol. The third-order valence-electron chi connectivity index (χ3n) is 1.79. The molecule has 0 spiro atoms. The van der Waals surface area contributed by atoms with Gasteiger partial charge in [0.15, 0.2) is 0 Å². The molecule has 4 heteroatoms. The molecule has 2 atom stereocenters. The monoisotopic (exact) mass is 159 g/mol. The highest BCUT2D eigenvalue weighted by Gasteiger charge is 2.40. The van der Waals surface area contributed by atoms with Crippen LogP contribution >= 0.6 is 0 Å². The number of carbonyl (C=O) groups excluding carboxylic acids is 1. The number of ether oxygens (including phenoxy) is 1. The maximum Gasteiger partial charge on any atom is 0.324 e. The molecule has 1 rings (SSSR count). The molecule has 0 aromatic carbocycles. The molecule has 0 saturated carbocycles. The molecule has 1 aliphatic rings. The fourth-order valence-corrected chi connectivity index (χ4v) is 1.06. The van der Waals surface area contributed by atoms with E-state index in [1.54, 1.807) is 0 Å². The Kier molecular flexibility index (Phi) is 2.84. The zero-order valence-corrected chi connectivity index (χ0v) is 6.62. The van der Waals surface area contributed by atoms with Gasteiger partial charge >= 0.3 is 5.97 Å². The molecule has 1 heterocycles. The molecule has 64 valence electrons. The van der Waals surface area contributed by atoms with E-state index in [1.165, 1.54) is 7.11 Å². The number of carbonyl (C=O) groups is 1. The molecule has 4 nitrogen and oxygen atoms in total. The van der Waals surface area contributed by atoms with Gasteiger partial charge in [0.2, 0.25) is 0 Å². The Morgan fingerprint density at radius 3 is 3.09 bits per heavy atom. The lowest BCUT2D eigenvalue weighted by Gasteiger charge is -1.99. The average Bonchev–Trinajstić information content (AvgIpc) is 2.78. The van der Waals surface area contributed by atoms with Crippen LogP contribution in [0.4, 0.5) is 0 Å². The molecule has 0 bridgehead atoms. The van der Waals surface area contributed by atoms with Crippen LogP contribution in [0.5, 0.6) is 0 Å². The summed E-state index contributed by atoms with van der Waals surface area (Å²) in [5, 5.41) is 8.48. The number of methoxy groups -OCH3 is 1. The molecule has 1 saturated heterocycles. The Balaban J connectivity index is 2.11. The second-order valence-electron chi connectivity index (χ2n) is 2.61. The third kappa shape index (κ3) is 2.17. The summed E-state index contributed by atoms with van der Waals surface area (Å²) in [6, 6.07) is -0.0356. The highest BCUT2D eigenvalue weighted by atomic mass is 16.5. The zero-order valence-electron chi connectivity index (χ0n) is 6.62. The molecule has 11 heavy (non-hydrogen) atoms. The van der Waals surface area contributed by atoms with Crippen LogP contribution in [-0.2, 0) is 9.53 Å². The Morgan fingerprint density at radius 2 is 2.55 bits per heavy atom. The average molecular weight is 159 g/mol. The van der Waals surface area contributed by atoms with Crippen molar-refractivity contribution in [3.05, 3.63) is 0 Å². The topological polar surface area (TPSA) is 49.5 Å². The number of aliphatic hydroxyl groups excluding tert-OH is 1. The minimum atomic E-state index is -0.164. The molecule has 1 N–H and O–H groups in total. The number of esters is 1. The summed E-state index contributed by atoms with van der Waals surface area (Å²) in [6.45, 7) is 1.76. The smallest absolute Gasteiger partial charge is 0.324 e. The van der Waals surface area contributed by atoms with Crippen LogP contribution in [0, 0.1) is 0 Å². The fourth-order valence-electron chi connectivity index (χ4n) is 1.06. The van der Waals surface area contributed by atoms with Gasteiger partial charge in [-0.15, -0.1) is 0 Å². The number of nitrogens with zero attached hydrogens (tertiary/aromatic N) is 1. The van der Waals surface area contributed by atoms with Crippen molar-refractivity contribution in [1.82, 2.24) is 4.90 Å². The van der Waals surface area contributed by atoms with Gasteiger partial charge in [-0.05, 0) is 6.42 Å². The van der Waals surface area contributed by atoms with Crippen molar-refractivity contribution in [2.75, 3.05) is 26.8 Å². The lowest BCUT2D eigenvalue weighted by molar-refractivity contribution is -0.140. The number of hydrogen-bond donors (Lipinski definition) is 1. The SMILES string of the molecule is COC(=O)C1CN1CCCO. The molecular weight excluding hydrogens is 146 g/mol. The third-order valence-corrected chi connectivity index (χ3v) is 1.79. The van der Waals surface area contributed by atoms with Crippen molar-refractivity contribution < 1.29 is 14.6 Å². The van der Waals surface area contributed by atoms with Gasteiger partial charge in [0.25, 0.3) is 0 Å². The predicted octanol–water partition coefficient (Wildman–Crippen LogP) is -0.774. The molecule has 1 fully saturated rings. The Labute approximate surface area is 65.8 Å². The Bertz CT molecular complexity index is 149. The van der Waals surface area contributed by atoms with Crippen molar-refractivity contribution >= 4 is 5.97 Å². The molecular formula is C7H13NO3. The van der Waals surface area contributed by atoms with Crippen LogP contribution in [0.2, 0.25) is 0 Å². The molecule has 0 radical (unpaired) electrons. The molecule has 1 aliphatic heterocycles.